The third-order valence-electron chi connectivity index (χ3n) is 4.46. The van der Waals surface area contributed by atoms with Crippen molar-refractivity contribution in [2.45, 2.75) is 20.0 Å². The first kappa shape index (κ1) is 20.5. The molecule has 0 atom stereocenters. The molecule has 6 nitrogen and oxygen atoms in total. The number of pyridine rings is 1. The number of hydrogen-bond acceptors (Lipinski definition) is 5. The van der Waals surface area contributed by atoms with E-state index < -0.39 is 0 Å². The zero-order chi connectivity index (χ0) is 20.4. The minimum Gasteiger partial charge on any atom is -0.493 e. The molecular weight excluding hydrogens is 401 g/mol. The number of nitrogens with zero attached hydrogens (tertiary/aromatic N) is 3. The maximum Gasteiger partial charge on any atom is 0.258 e. The molecule has 0 N–H and O–H groups in total. The van der Waals surface area contributed by atoms with Crippen molar-refractivity contribution in [3.63, 3.8) is 0 Å². The van der Waals surface area contributed by atoms with Crippen molar-refractivity contribution in [2.75, 3.05) is 21.3 Å². The van der Waals surface area contributed by atoms with Crippen LogP contribution in [0.15, 0.2) is 35.3 Å². The molecule has 0 saturated heterocycles. The summed E-state index contributed by atoms with van der Waals surface area (Å²) in [6, 6.07) is 7.28. The molecule has 0 spiro atoms. The van der Waals surface area contributed by atoms with Gasteiger partial charge in [0.25, 0.3) is 5.56 Å². The molecule has 3 aromatic rings. The number of rotatable bonds is 6. The average Bonchev–Trinajstić information content (AvgIpc) is 2.67. The Morgan fingerprint density at radius 3 is 2.50 bits per heavy atom. The summed E-state index contributed by atoms with van der Waals surface area (Å²) in [7, 11) is 5.16. The van der Waals surface area contributed by atoms with Crippen LogP contribution < -0.4 is 15.0 Å². The Morgan fingerprint density at radius 2 is 1.82 bits per heavy atom. The number of halogens is 2. The van der Waals surface area contributed by atoms with Crippen molar-refractivity contribution in [1.82, 2.24) is 14.3 Å². The average molecular weight is 422 g/mol. The van der Waals surface area contributed by atoms with Gasteiger partial charge in [0, 0.05) is 25.4 Å². The summed E-state index contributed by atoms with van der Waals surface area (Å²) in [5.41, 5.74) is 2.58. The first-order chi connectivity index (χ1) is 13.3. The van der Waals surface area contributed by atoms with Crippen molar-refractivity contribution in [1.29, 1.82) is 0 Å². The summed E-state index contributed by atoms with van der Waals surface area (Å²) in [5.74, 6) is 1.36. The van der Waals surface area contributed by atoms with Gasteiger partial charge in [0.05, 0.1) is 30.0 Å². The lowest BCUT2D eigenvalue weighted by Crippen LogP contribution is -2.22. The molecule has 0 aliphatic heterocycles. The second kappa shape index (κ2) is 8.39. The molecule has 28 heavy (non-hydrogen) atoms. The van der Waals surface area contributed by atoms with Gasteiger partial charge in [0.15, 0.2) is 17.1 Å². The minimum absolute atomic E-state index is 0.219. The highest BCUT2D eigenvalue weighted by molar-refractivity contribution is 6.37. The van der Waals surface area contributed by atoms with E-state index in [0.717, 1.165) is 5.56 Å². The predicted octanol–water partition coefficient (Wildman–Crippen LogP) is 3.96. The quantitative estimate of drug-likeness (QED) is 0.602. The van der Waals surface area contributed by atoms with Crippen molar-refractivity contribution in [3.05, 3.63) is 67.7 Å². The van der Waals surface area contributed by atoms with E-state index in [4.69, 9.17) is 32.7 Å². The number of hydrogen-bond donors (Lipinski definition) is 0. The Kier molecular flexibility index (Phi) is 6.13. The highest BCUT2D eigenvalue weighted by Gasteiger charge is 2.13. The molecule has 148 valence electrons. The zero-order valence-electron chi connectivity index (χ0n) is 16.1. The van der Waals surface area contributed by atoms with Crippen LogP contribution in [-0.4, -0.2) is 35.6 Å². The van der Waals surface area contributed by atoms with E-state index >= 15 is 0 Å². The van der Waals surface area contributed by atoms with Crippen molar-refractivity contribution in [3.8, 4) is 11.5 Å². The lowest BCUT2D eigenvalue weighted by atomic mass is 10.2. The topological polar surface area (TPSA) is 56.1 Å². The number of fused-ring (bicyclic) bond motifs is 1. The van der Waals surface area contributed by atoms with Gasteiger partial charge in [0.1, 0.15) is 0 Å². The van der Waals surface area contributed by atoms with Gasteiger partial charge < -0.3 is 9.47 Å². The monoisotopic (exact) mass is 421 g/mol. The molecule has 0 saturated carbocycles. The maximum absolute atomic E-state index is 12.5. The Balaban J connectivity index is 1.85. The van der Waals surface area contributed by atoms with Gasteiger partial charge >= 0.3 is 0 Å². The first-order valence-electron chi connectivity index (χ1n) is 8.60. The third-order valence-corrected chi connectivity index (χ3v) is 5.30. The van der Waals surface area contributed by atoms with Gasteiger partial charge in [-0.3, -0.25) is 14.1 Å². The van der Waals surface area contributed by atoms with Crippen LogP contribution in [0.25, 0.3) is 5.65 Å². The van der Waals surface area contributed by atoms with Crippen molar-refractivity contribution in [2.24, 2.45) is 0 Å². The van der Waals surface area contributed by atoms with E-state index in [9.17, 15) is 4.79 Å². The molecule has 0 aliphatic rings. The highest BCUT2D eigenvalue weighted by atomic mass is 35.5. The zero-order valence-corrected chi connectivity index (χ0v) is 17.6. The molecule has 1 aromatic carbocycles. The van der Waals surface area contributed by atoms with Gasteiger partial charge in [-0.15, -0.1) is 0 Å². The standard InChI is InChI=1S/C20H21Cl2N3O3/c1-12-15(21)11-25-18(26)8-14(23-20(25)19(12)22)10-24(2)9-13-5-6-16(27-3)17(7-13)28-4/h5-8,11H,9-10H2,1-4H3. The van der Waals surface area contributed by atoms with Gasteiger partial charge in [-0.2, -0.15) is 0 Å². The predicted molar refractivity (Wildman–Crippen MR) is 111 cm³/mol. The van der Waals surface area contributed by atoms with E-state index in [1.165, 1.54) is 10.5 Å². The number of benzene rings is 1. The highest BCUT2D eigenvalue weighted by Crippen LogP contribution is 2.28. The Labute approximate surface area is 173 Å². The minimum atomic E-state index is -0.219. The maximum atomic E-state index is 12.5. The van der Waals surface area contributed by atoms with E-state index in [1.807, 2.05) is 25.2 Å². The molecule has 0 aliphatic carbocycles. The number of methoxy groups -OCH3 is 2. The summed E-state index contributed by atoms with van der Waals surface area (Å²) < 4.78 is 12.0. The van der Waals surface area contributed by atoms with Crippen LogP contribution in [-0.2, 0) is 13.1 Å². The molecule has 0 radical (unpaired) electrons. The van der Waals surface area contributed by atoms with Crippen LogP contribution in [0.4, 0.5) is 0 Å². The van der Waals surface area contributed by atoms with E-state index in [0.29, 0.717) is 51.5 Å². The SMILES string of the molecule is COc1ccc(CN(C)Cc2cc(=O)n3cc(Cl)c(C)c(Cl)c3n2)cc1OC. The fourth-order valence-electron chi connectivity index (χ4n) is 3.01. The van der Waals surface area contributed by atoms with Crippen LogP contribution in [0.3, 0.4) is 0 Å². The molecular formula is C20H21Cl2N3O3. The third kappa shape index (κ3) is 4.09. The van der Waals surface area contributed by atoms with Crippen molar-refractivity contribution < 1.29 is 9.47 Å². The molecule has 2 aromatic heterocycles. The summed E-state index contributed by atoms with van der Waals surface area (Å²) in [6.07, 6.45) is 1.55. The molecule has 8 heteroatoms. The molecule has 2 heterocycles. The normalized spacial score (nSPS) is 11.2. The van der Waals surface area contributed by atoms with Crippen LogP contribution in [0.2, 0.25) is 10.0 Å². The largest absolute Gasteiger partial charge is 0.493 e. The van der Waals surface area contributed by atoms with Crippen molar-refractivity contribution >= 4 is 28.8 Å². The number of ether oxygens (including phenoxy) is 2. The van der Waals surface area contributed by atoms with Crippen LogP contribution in [0.1, 0.15) is 16.8 Å². The van der Waals surface area contributed by atoms with E-state index in [2.05, 4.69) is 9.88 Å². The molecule has 3 rings (SSSR count). The van der Waals surface area contributed by atoms with Gasteiger partial charge in [0.2, 0.25) is 0 Å². The Morgan fingerprint density at radius 1 is 1.11 bits per heavy atom. The van der Waals surface area contributed by atoms with Crippen LogP contribution in [0.5, 0.6) is 11.5 Å². The second-order valence-corrected chi connectivity index (χ2v) is 7.34. The number of aromatic nitrogens is 2. The summed E-state index contributed by atoms with van der Waals surface area (Å²) in [4.78, 5) is 19.1. The van der Waals surface area contributed by atoms with Gasteiger partial charge in [-0.05, 0) is 37.2 Å². The van der Waals surface area contributed by atoms with Gasteiger partial charge in [-0.25, -0.2) is 4.98 Å². The summed E-state index contributed by atoms with van der Waals surface area (Å²) in [6.45, 7) is 2.93. The summed E-state index contributed by atoms with van der Waals surface area (Å²) >= 11 is 12.5. The molecule has 0 fully saturated rings. The second-order valence-electron chi connectivity index (χ2n) is 6.56. The Bertz CT molecular complexity index is 1080. The Hall–Kier alpha value is -2.28. The van der Waals surface area contributed by atoms with Crippen LogP contribution >= 0.6 is 23.2 Å². The molecule has 0 amide bonds. The summed E-state index contributed by atoms with van der Waals surface area (Å²) in [5, 5.41) is 0.814. The lowest BCUT2D eigenvalue weighted by molar-refractivity contribution is 0.312. The van der Waals surface area contributed by atoms with Gasteiger partial charge in [-0.1, -0.05) is 29.3 Å². The smallest absolute Gasteiger partial charge is 0.258 e. The fourth-order valence-corrected chi connectivity index (χ4v) is 3.48. The van der Waals surface area contributed by atoms with E-state index in [1.54, 1.807) is 27.3 Å². The van der Waals surface area contributed by atoms with Crippen LogP contribution in [0, 0.1) is 6.92 Å². The lowest BCUT2D eigenvalue weighted by Gasteiger charge is -2.18. The van der Waals surface area contributed by atoms with E-state index in [-0.39, 0.29) is 5.56 Å². The first-order valence-corrected chi connectivity index (χ1v) is 9.36. The fraction of sp³-hybridized carbons (Fsp3) is 0.300. The molecule has 0 unspecified atom stereocenters. The molecule has 0 bridgehead atoms.